The zero-order valence-electron chi connectivity index (χ0n) is 20.5. The number of ether oxygens (including phenoxy) is 1. The van der Waals surface area contributed by atoms with E-state index in [0.29, 0.717) is 37.7 Å². The monoisotopic (exact) mass is 566 g/mol. The molecule has 1 aromatic heterocycles. The Hall–Kier alpha value is -3.12. The Morgan fingerprint density at radius 2 is 1.55 bits per heavy atom. The molecule has 3 amide bonds. The molecule has 2 heterocycles. The summed E-state index contributed by atoms with van der Waals surface area (Å²) in [5, 5.41) is 7.95. The molecule has 0 aliphatic carbocycles. The quantitative estimate of drug-likeness (QED) is 0.283. The number of hydrogen-bond donors (Lipinski definition) is 2. The normalized spacial score (nSPS) is 13.5. The lowest BCUT2D eigenvalue weighted by Crippen LogP contribution is -2.41. The van der Waals surface area contributed by atoms with Gasteiger partial charge in [0.05, 0.1) is 40.7 Å². The summed E-state index contributed by atoms with van der Waals surface area (Å²) >= 11 is 4.19. The molecule has 5 rings (SSSR count). The zero-order valence-corrected chi connectivity index (χ0v) is 22.9. The van der Waals surface area contributed by atoms with Gasteiger partial charge in [0.15, 0.2) is 4.34 Å². The Bertz CT molecular complexity index is 1470. The van der Waals surface area contributed by atoms with Crippen molar-refractivity contribution < 1.29 is 19.1 Å². The first-order chi connectivity index (χ1) is 18.5. The molecule has 2 N–H and O–H groups in total. The molecule has 0 unspecified atom stereocenters. The Kier molecular flexibility index (Phi) is 8.79. The average Bonchev–Trinajstić information content (AvgIpc) is 3.34. The van der Waals surface area contributed by atoms with Crippen molar-refractivity contribution in [2.45, 2.75) is 4.34 Å². The molecule has 1 fully saturated rings. The average molecular weight is 567 g/mol. The number of hydrogen-bond acceptors (Lipinski definition) is 8. The highest BCUT2D eigenvalue weighted by molar-refractivity contribution is 8.01. The van der Waals surface area contributed by atoms with Gasteiger partial charge in [-0.3, -0.25) is 14.4 Å². The van der Waals surface area contributed by atoms with Gasteiger partial charge in [0, 0.05) is 24.5 Å². The van der Waals surface area contributed by atoms with Gasteiger partial charge in [-0.2, -0.15) is 0 Å². The Balaban J connectivity index is 1.07. The van der Waals surface area contributed by atoms with Gasteiger partial charge in [-0.1, -0.05) is 42.1 Å². The van der Waals surface area contributed by atoms with Crippen molar-refractivity contribution in [3.05, 3.63) is 60.7 Å². The van der Waals surface area contributed by atoms with Crippen LogP contribution in [0, 0.1) is 0 Å². The molecular weight excluding hydrogens is 541 g/mol. The molecular formula is C27H26N4O4S3. The van der Waals surface area contributed by atoms with Crippen molar-refractivity contribution >= 4 is 84.9 Å². The first-order valence-electron chi connectivity index (χ1n) is 12.1. The number of rotatable bonds is 9. The van der Waals surface area contributed by atoms with E-state index in [1.54, 1.807) is 0 Å². The van der Waals surface area contributed by atoms with Crippen LogP contribution in [0.25, 0.3) is 21.0 Å². The Morgan fingerprint density at radius 3 is 2.32 bits per heavy atom. The lowest BCUT2D eigenvalue weighted by molar-refractivity contribution is -0.132. The third kappa shape index (κ3) is 7.04. The van der Waals surface area contributed by atoms with Crippen LogP contribution in [0.4, 0.5) is 11.4 Å². The van der Waals surface area contributed by atoms with Gasteiger partial charge in [0.1, 0.15) is 0 Å². The van der Waals surface area contributed by atoms with E-state index in [-0.39, 0.29) is 29.2 Å². The van der Waals surface area contributed by atoms with E-state index in [1.165, 1.54) is 34.9 Å². The predicted octanol–water partition coefficient (Wildman–Crippen LogP) is 4.71. The van der Waals surface area contributed by atoms with Crippen LogP contribution in [0.1, 0.15) is 0 Å². The fourth-order valence-corrected chi connectivity index (χ4v) is 6.60. The number of morpholine rings is 1. The molecule has 1 aliphatic rings. The van der Waals surface area contributed by atoms with Crippen LogP contribution in [0.3, 0.4) is 0 Å². The number of nitrogens with one attached hydrogen (secondary N) is 2. The summed E-state index contributed by atoms with van der Waals surface area (Å²) in [6.07, 6.45) is 0. The maximum absolute atomic E-state index is 12.4. The standard InChI is InChI=1S/C27H26N4O4S3/c32-24(28-20-6-5-18-3-1-2-4-19(18)13-20)15-36-16-25(33)29-21-7-8-22-23(14-21)38-27(30-22)37-17-26(34)31-9-11-35-12-10-31/h1-8,13-14H,9-12,15-17H2,(H,28,32)(H,29,33). The third-order valence-corrected chi connectivity index (χ3v) is 8.91. The molecule has 1 aliphatic heterocycles. The van der Waals surface area contributed by atoms with Crippen molar-refractivity contribution in [3.8, 4) is 0 Å². The lowest BCUT2D eigenvalue weighted by atomic mass is 10.1. The van der Waals surface area contributed by atoms with E-state index in [1.807, 2.05) is 65.6 Å². The van der Waals surface area contributed by atoms with Crippen LogP contribution in [-0.2, 0) is 19.1 Å². The first-order valence-corrected chi connectivity index (χ1v) is 15.0. The number of fused-ring (bicyclic) bond motifs is 2. The summed E-state index contributed by atoms with van der Waals surface area (Å²) in [5.41, 5.74) is 2.24. The summed E-state index contributed by atoms with van der Waals surface area (Å²) in [6.45, 7) is 2.44. The lowest BCUT2D eigenvalue weighted by Gasteiger charge is -2.26. The second kappa shape index (κ2) is 12.6. The van der Waals surface area contributed by atoms with Crippen LogP contribution in [0.2, 0.25) is 0 Å². The van der Waals surface area contributed by atoms with E-state index in [0.717, 1.165) is 31.0 Å². The number of benzene rings is 3. The number of carbonyl (C=O) groups excluding carboxylic acids is 3. The van der Waals surface area contributed by atoms with Gasteiger partial charge < -0.3 is 20.3 Å². The SMILES string of the molecule is O=C(CSCC(=O)Nc1ccc2nc(SCC(=O)N3CCOCC3)sc2c1)Nc1ccc2ccccc2c1. The van der Waals surface area contributed by atoms with Crippen molar-refractivity contribution in [2.75, 3.05) is 54.2 Å². The highest BCUT2D eigenvalue weighted by atomic mass is 32.2. The van der Waals surface area contributed by atoms with Gasteiger partial charge in [0.25, 0.3) is 0 Å². The van der Waals surface area contributed by atoms with Crippen LogP contribution < -0.4 is 10.6 Å². The molecule has 0 spiro atoms. The molecule has 8 nitrogen and oxygen atoms in total. The summed E-state index contributed by atoms with van der Waals surface area (Å²) < 4.78 is 7.05. The fraction of sp³-hybridized carbons (Fsp3) is 0.259. The van der Waals surface area contributed by atoms with Crippen molar-refractivity contribution in [1.29, 1.82) is 0 Å². The Morgan fingerprint density at radius 1 is 0.868 bits per heavy atom. The molecule has 38 heavy (non-hydrogen) atoms. The van der Waals surface area contributed by atoms with Gasteiger partial charge in [-0.05, 0) is 41.1 Å². The first kappa shape index (κ1) is 26.5. The molecule has 11 heteroatoms. The maximum atomic E-state index is 12.4. The van der Waals surface area contributed by atoms with Crippen molar-refractivity contribution in [3.63, 3.8) is 0 Å². The van der Waals surface area contributed by atoms with Gasteiger partial charge >= 0.3 is 0 Å². The van der Waals surface area contributed by atoms with E-state index in [2.05, 4.69) is 15.6 Å². The van der Waals surface area contributed by atoms with E-state index in [4.69, 9.17) is 4.74 Å². The number of anilines is 2. The molecule has 4 aromatic rings. The highest BCUT2D eigenvalue weighted by Crippen LogP contribution is 2.31. The largest absolute Gasteiger partial charge is 0.378 e. The van der Waals surface area contributed by atoms with Gasteiger partial charge in [-0.15, -0.1) is 23.1 Å². The minimum Gasteiger partial charge on any atom is -0.378 e. The molecule has 0 radical (unpaired) electrons. The number of thioether (sulfide) groups is 2. The zero-order chi connectivity index (χ0) is 26.3. The van der Waals surface area contributed by atoms with Crippen LogP contribution >= 0.6 is 34.9 Å². The Labute approximate surface area is 232 Å². The maximum Gasteiger partial charge on any atom is 0.234 e. The van der Waals surface area contributed by atoms with Crippen LogP contribution in [-0.4, -0.2) is 71.2 Å². The molecule has 0 saturated carbocycles. The summed E-state index contributed by atoms with van der Waals surface area (Å²) in [7, 11) is 0. The third-order valence-electron chi connectivity index (χ3n) is 5.84. The second-order valence-corrected chi connectivity index (χ2v) is 11.8. The van der Waals surface area contributed by atoms with E-state index in [9.17, 15) is 14.4 Å². The van der Waals surface area contributed by atoms with Gasteiger partial charge in [-0.25, -0.2) is 4.98 Å². The number of carbonyl (C=O) groups is 3. The number of aromatic nitrogens is 1. The molecule has 0 atom stereocenters. The van der Waals surface area contributed by atoms with E-state index >= 15 is 0 Å². The minimum atomic E-state index is -0.178. The topological polar surface area (TPSA) is 101 Å². The van der Waals surface area contributed by atoms with Crippen molar-refractivity contribution in [1.82, 2.24) is 9.88 Å². The second-order valence-electron chi connectivity index (χ2n) is 8.60. The highest BCUT2D eigenvalue weighted by Gasteiger charge is 2.18. The smallest absolute Gasteiger partial charge is 0.234 e. The van der Waals surface area contributed by atoms with Crippen LogP contribution in [0.15, 0.2) is 65.0 Å². The molecule has 0 bridgehead atoms. The summed E-state index contributed by atoms with van der Waals surface area (Å²) in [4.78, 5) is 43.6. The van der Waals surface area contributed by atoms with E-state index < -0.39 is 0 Å². The van der Waals surface area contributed by atoms with Crippen LogP contribution in [0.5, 0.6) is 0 Å². The molecule has 3 aromatic carbocycles. The number of nitrogens with zero attached hydrogens (tertiary/aromatic N) is 2. The fourth-order valence-electron chi connectivity index (χ4n) is 3.97. The molecule has 1 saturated heterocycles. The molecule has 196 valence electrons. The predicted molar refractivity (Wildman–Crippen MR) is 156 cm³/mol. The number of thiazole rings is 1. The summed E-state index contributed by atoms with van der Waals surface area (Å²) in [6, 6.07) is 19.3. The number of amides is 3. The summed E-state index contributed by atoms with van der Waals surface area (Å²) in [5.74, 6) is 0.446. The van der Waals surface area contributed by atoms with Crippen molar-refractivity contribution in [2.24, 2.45) is 0 Å². The van der Waals surface area contributed by atoms with Gasteiger partial charge in [0.2, 0.25) is 17.7 Å². The minimum absolute atomic E-state index is 0.0916.